The van der Waals surface area contributed by atoms with Crippen molar-refractivity contribution in [1.29, 1.82) is 5.26 Å². The van der Waals surface area contributed by atoms with Crippen molar-refractivity contribution < 1.29 is 28.5 Å². The van der Waals surface area contributed by atoms with Gasteiger partial charge in [-0.05, 0) is 18.2 Å². The molecule has 0 aliphatic heterocycles. The molecule has 0 rings (SSSR count). The lowest BCUT2D eigenvalue weighted by molar-refractivity contribution is -0.144. The molecule has 0 heterocycles. The van der Waals surface area contributed by atoms with Crippen LogP contribution in [0.3, 0.4) is 0 Å². The molecule has 0 radical (unpaired) electrons. The minimum absolute atomic E-state index is 0.0416. The van der Waals surface area contributed by atoms with Gasteiger partial charge < -0.3 is 18.9 Å². The number of esters is 2. The summed E-state index contributed by atoms with van der Waals surface area (Å²) in [6, 6.07) is 0.841. The molecule has 0 aliphatic carbocycles. The van der Waals surface area contributed by atoms with Gasteiger partial charge in [-0.25, -0.2) is 5.09 Å². The summed E-state index contributed by atoms with van der Waals surface area (Å²) in [5, 5.41) is 10.8. The quantitative estimate of drug-likeness (QED) is 0.349. The van der Waals surface area contributed by atoms with Gasteiger partial charge in [0, 0.05) is 6.42 Å². The number of carbonyl (C=O) groups excluding carboxylic acids is 2. The van der Waals surface area contributed by atoms with Gasteiger partial charge >= 0.3 is 11.9 Å². The average molecular weight is 324 g/mol. The second kappa shape index (κ2) is 9.80. The molecule has 1 unspecified atom stereocenters. The lowest BCUT2D eigenvalue weighted by Crippen LogP contribution is -2.36. The normalized spacial score (nSPS) is 14.7. The van der Waals surface area contributed by atoms with E-state index in [1.807, 2.05) is 6.07 Å². The van der Waals surface area contributed by atoms with Crippen LogP contribution in [0.1, 0.15) is 19.3 Å². The highest BCUT2D eigenvalue weighted by molar-refractivity contribution is 8.08. The van der Waals surface area contributed by atoms with Crippen LogP contribution < -0.4 is 5.09 Å². The predicted molar refractivity (Wildman–Crippen MR) is 72.9 cm³/mol. The summed E-state index contributed by atoms with van der Waals surface area (Å²) in [5.74, 6) is -1.18. The molecular formula is C10H17N2O6PS. The van der Waals surface area contributed by atoms with Crippen molar-refractivity contribution in [3.63, 3.8) is 0 Å². The van der Waals surface area contributed by atoms with Crippen LogP contribution in [0.2, 0.25) is 0 Å². The molecule has 0 aromatic carbocycles. The minimum Gasteiger partial charge on any atom is -0.469 e. The van der Waals surface area contributed by atoms with Crippen molar-refractivity contribution in [1.82, 2.24) is 5.09 Å². The Kier molecular flexibility index (Phi) is 9.29. The number of nitriles is 1. The number of nitrogens with zero attached hydrogens (tertiary/aromatic N) is 1. The van der Waals surface area contributed by atoms with Gasteiger partial charge in [-0.15, -0.1) is 0 Å². The molecule has 0 bridgehead atoms. The van der Waals surface area contributed by atoms with Crippen molar-refractivity contribution in [2.45, 2.75) is 25.3 Å². The maximum absolute atomic E-state index is 11.5. The Morgan fingerprint density at radius 3 is 2.60 bits per heavy atom. The molecule has 114 valence electrons. The van der Waals surface area contributed by atoms with Gasteiger partial charge in [0.15, 0.2) is 0 Å². The summed E-state index contributed by atoms with van der Waals surface area (Å²) in [4.78, 5) is 32.4. The molecule has 0 amide bonds. The van der Waals surface area contributed by atoms with E-state index in [1.54, 1.807) is 0 Å². The Hall–Kier alpha value is -1.04. The summed E-state index contributed by atoms with van der Waals surface area (Å²) < 4.78 is 14.0. The Labute approximate surface area is 122 Å². The first-order valence-corrected chi connectivity index (χ1v) is 8.30. The smallest absolute Gasteiger partial charge is 0.323 e. The highest BCUT2D eigenvalue weighted by Gasteiger charge is 2.27. The van der Waals surface area contributed by atoms with E-state index in [-0.39, 0.29) is 25.9 Å². The van der Waals surface area contributed by atoms with Gasteiger partial charge in [-0.3, -0.25) is 9.59 Å². The van der Waals surface area contributed by atoms with Crippen LogP contribution in [-0.2, 0) is 35.4 Å². The molecule has 0 saturated carbocycles. The van der Waals surface area contributed by atoms with E-state index < -0.39 is 24.6 Å². The van der Waals surface area contributed by atoms with E-state index in [4.69, 9.17) is 21.6 Å². The molecule has 0 saturated heterocycles. The van der Waals surface area contributed by atoms with Crippen molar-refractivity contribution in [2.24, 2.45) is 0 Å². The summed E-state index contributed by atoms with van der Waals surface area (Å²) in [6.07, 6.45) is 0.0579. The number of ether oxygens (including phenoxy) is 2. The number of carbonyl (C=O) groups is 2. The Bertz CT molecular complexity index is 424. The van der Waals surface area contributed by atoms with E-state index in [9.17, 15) is 14.5 Å². The van der Waals surface area contributed by atoms with Crippen LogP contribution in [0, 0.1) is 11.3 Å². The van der Waals surface area contributed by atoms with Crippen LogP contribution >= 0.6 is 6.64 Å². The fraction of sp³-hybridized carbons (Fsp3) is 0.700. The van der Waals surface area contributed by atoms with Gasteiger partial charge in [-0.2, -0.15) is 5.26 Å². The van der Waals surface area contributed by atoms with Crippen LogP contribution in [0.5, 0.6) is 0 Å². The zero-order valence-electron chi connectivity index (χ0n) is 11.2. The monoisotopic (exact) mass is 324 g/mol. The molecule has 2 atom stereocenters. The first-order valence-electron chi connectivity index (χ1n) is 5.63. The van der Waals surface area contributed by atoms with E-state index in [2.05, 4.69) is 14.6 Å². The van der Waals surface area contributed by atoms with Gasteiger partial charge in [0.1, 0.15) is 6.04 Å². The molecule has 20 heavy (non-hydrogen) atoms. The number of hydrogen-bond acceptors (Lipinski definition) is 7. The molecule has 0 fully saturated rings. The first-order chi connectivity index (χ1) is 9.36. The fourth-order valence-corrected chi connectivity index (χ4v) is 2.84. The van der Waals surface area contributed by atoms with Crippen LogP contribution in [0.4, 0.5) is 0 Å². The molecule has 0 spiro atoms. The van der Waals surface area contributed by atoms with Crippen molar-refractivity contribution >= 4 is 30.4 Å². The SMILES string of the molecule is COC(=O)CC[C@H](NP(O)(=S)OCCC#N)C(=O)OC. The number of hydrogen-bond donors (Lipinski definition) is 2. The van der Waals surface area contributed by atoms with Crippen molar-refractivity contribution in [3.8, 4) is 6.07 Å². The molecule has 10 heteroatoms. The first kappa shape index (κ1) is 19.0. The molecule has 0 aromatic rings. The highest BCUT2D eigenvalue weighted by atomic mass is 32.5. The maximum atomic E-state index is 11.5. The number of rotatable bonds is 9. The lowest BCUT2D eigenvalue weighted by atomic mass is 10.2. The third kappa shape index (κ3) is 8.19. The Morgan fingerprint density at radius 2 is 2.10 bits per heavy atom. The topological polar surface area (TPSA) is 118 Å². The van der Waals surface area contributed by atoms with Crippen molar-refractivity contribution in [2.75, 3.05) is 20.8 Å². The van der Waals surface area contributed by atoms with Crippen LogP contribution in [0.15, 0.2) is 0 Å². The molecule has 0 aromatic heterocycles. The van der Waals surface area contributed by atoms with E-state index in [0.29, 0.717) is 0 Å². The van der Waals surface area contributed by atoms with Gasteiger partial charge in [0.05, 0.1) is 33.3 Å². The van der Waals surface area contributed by atoms with Gasteiger partial charge in [-0.1, -0.05) is 0 Å². The summed E-state index contributed by atoms with van der Waals surface area (Å²) >= 11 is 4.81. The summed E-state index contributed by atoms with van der Waals surface area (Å²) in [5.41, 5.74) is 0. The van der Waals surface area contributed by atoms with Crippen molar-refractivity contribution in [3.05, 3.63) is 0 Å². The minimum atomic E-state index is -3.43. The van der Waals surface area contributed by atoms with Crippen LogP contribution in [-0.4, -0.2) is 43.7 Å². The van der Waals surface area contributed by atoms with Gasteiger partial charge in [0.25, 0.3) is 6.64 Å². The molecule has 0 aliphatic rings. The third-order valence-electron chi connectivity index (χ3n) is 2.15. The predicted octanol–water partition coefficient (Wildman–Crippen LogP) is 0.218. The van der Waals surface area contributed by atoms with E-state index >= 15 is 0 Å². The van der Waals surface area contributed by atoms with Gasteiger partial charge in [0.2, 0.25) is 0 Å². The molecule has 8 nitrogen and oxygen atoms in total. The number of methoxy groups -OCH3 is 2. The molecular weight excluding hydrogens is 307 g/mol. The zero-order chi connectivity index (χ0) is 15.6. The Morgan fingerprint density at radius 1 is 1.45 bits per heavy atom. The maximum Gasteiger partial charge on any atom is 0.323 e. The second-order valence-corrected chi connectivity index (χ2v) is 6.62. The lowest BCUT2D eigenvalue weighted by Gasteiger charge is -2.22. The largest absolute Gasteiger partial charge is 0.469 e. The second-order valence-electron chi connectivity index (χ2n) is 3.58. The number of nitrogens with one attached hydrogen (secondary N) is 1. The summed E-state index contributed by atoms with van der Waals surface area (Å²) in [6.45, 7) is -3.49. The summed E-state index contributed by atoms with van der Waals surface area (Å²) in [7, 11) is 2.40. The average Bonchev–Trinajstić information content (AvgIpc) is 2.42. The molecule has 2 N–H and O–H groups in total. The zero-order valence-corrected chi connectivity index (χ0v) is 12.9. The third-order valence-corrected chi connectivity index (χ3v) is 3.95. The van der Waals surface area contributed by atoms with Crippen LogP contribution in [0.25, 0.3) is 0 Å². The fourth-order valence-electron chi connectivity index (χ4n) is 1.19. The Balaban J connectivity index is 4.55. The highest BCUT2D eigenvalue weighted by Crippen LogP contribution is 2.38. The van der Waals surface area contributed by atoms with E-state index in [1.165, 1.54) is 14.2 Å². The van der Waals surface area contributed by atoms with E-state index in [0.717, 1.165) is 0 Å². The standard InChI is InChI=1S/C10H17N2O6PS/c1-16-9(13)5-4-8(10(14)17-2)12-19(15,20)18-7-3-6-11/h8H,3-5,7H2,1-2H3,(H2,12,15,20)/t8-,19?/m0/s1.